The van der Waals surface area contributed by atoms with E-state index in [1.165, 1.54) is 12.1 Å². The maximum Gasteiger partial charge on any atom is 0.338 e. The third-order valence-electron chi connectivity index (χ3n) is 3.05. The largest absolute Gasteiger partial charge is 0.455 e. The van der Waals surface area contributed by atoms with Gasteiger partial charge in [0.2, 0.25) is 0 Å². The third kappa shape index (κ3) is 3.20. The van der Waals surface area contributed by atoms with E-state index in [-0.39, 0.29) is 12.4 Å². The summed E-state index contributed by atoms with van der Waals surface area (Å²) in [6, 6.07) is 16.2. The van der Waals surface area contributed by atoms with Crippen LogP contribution >= 0.6 is 0 Å². The molecule has 0 aliphatic carbocycles. The van der Waals surface area contributed by atoms with Crippen LogP contribution < -0.4 is 0 Å². The molecular weight excluding hydrogens is 285 g/mol. The summed E-state index contributed by atoms with van der Waals surface area (Å²) in [5.74, 6) is -0.252. The van der Waals surface area contributed by atoms with Crippen molar-refractivity contribution in [1.29, 1.82) is 0 Å². The Hall–Kier alpha value is -2.95. The van der Waals surface area contributed by atoms with Gasteiger partial charge in [-0.2, -0.15) is 0 Å². The van der Waals surface area contributed by atoms with Gasteiger partial charge in [-0.1, -0.05) is 23.4 Å². The Balaban J connectivity index is 1.65. The van der Waals surface area contributed by atoms with Crippen LogP contribution in [0.5, 0.6) is 0 Å². The highest BCUT2D eigenvalue weighted by Crippen LogP contribution is 2.21. The number of carbonyl (C=O) groups excluding carboxylic acids is 1. The van der Waals surface area contributed by atoms with E-state index in [2.05, 4.69) is 5.16 Å². The number of aromatic nitrogens is 1. The van der Waals surface area contributed by atoms with Crippen LogP contribution in [0.3, 0.4) is 0 Å². The summed E-state index contributed by atoms with van der Waals surface area (Å²) in [6.07, 6.45) is 0. The second-order valence-corrected chi connectivity index (χ2v) is 4.63. The lowest BCUT2D eigenvalue weighted by molar-refractivity contribution is 0.0464. The van der Waals surface area contributed by atoms with Gasteiger partial charge in [-0.3, -0.25) is 0 Å². The highest BCUT2D eigenvalue weighted by atomic mass is 19.1. The van der Waals surface area contributed by atoms with E-state index in [9.17, 15) is 9.18 Å². The number of nitrogens with zero attached hydrogens (tertiary/aromatic N) is 1. The van der Waals surface area contributed by atoms with Gasteiger partial charge < -0.3 is 9.26 Å². The molecule has 0 spiro atoms. The maximum absolute atomic E-state index is 12.9. The van der Waals surface area contributed by atoms with Crippen molar-refractivity contribution in [2.45, 2.75) is 6.61 Å². The summed E-state index contributed by atoms with van der Waals surface area (Å²) in [5, 5.41) is 3.83. The van der Waals surface area contributed by atoms with Crippen LogP contribution in [-0.4, -0.2) is 11.1 Å². The second-order valence-electron chi connectivity index (χ2n) is 4.63. The molecule has 4 nitrogen and oxygen atoms in total. The normalized spacial score (nSPS) is 10.4. The molecule has 0 unspecified atom stereocenters. The summed E-state index contributed by atoms with van der Waals surface area (Å²) in [5.41, 5.74) is 1.67. The predicted octanol–water partition coefficient (Wildman–Crippen LogP) is 3.84. The summed E-state index contributed by atoms with van der Waals surface area (Å²) in [4.78, 5) is 11.8. The number of benzene rings is 2. The van der Waals surface area contributed by atoms with Crippen molar-refractivity contribution in [3.05, 3.63) is 77.7 Å². The maximum atomic E-state index is 12.9. The van der Waals surface area contributed by atoms with Crippen LogP contribution in [0.2, 0.25) is 0 Å². The molecule has 2 aromatic carbocycles. The molecule has 0 atom stereocenters. The van der Waals surface area contributed by atoms with E-state index < -0.39 is 5.97 Å². The van der Waals surface area contributed by atoms with Crippen LogP contribution in [0, 0.1) is 5.82 Å². The molecule has 110 valence electrons. The molecule has 3 rings (SSSR count). The zero-order chi connectivity index (χ0) is 15.4. The highest BCUT2D eigenvalue weighted by molar-refractivity contribution is 5.89. The first-order valence-corrected chi connectivity index (χ1v) is 6.66. The van der Waals surface area contributed by atoms with Gasteiger partial charge >= 0.3 is 5.97 Å². The molecule has 0 amide bonds. The zero-order valence-corrected chi connectivity index (χ0v) is 11.5. The van der Waals surface area contributed by atoms with Gasteiger partial charge in [0.15, 0.2) is 5.76 Å². The first-order chi connectivity index (χ1) is 10.7. The first kappa shape index (κ1) is 14.0. The lowest BCUT2D eigenvalue weighted by Crippen LogP contribution is -2.04. The van der Waals surface area contributed by atoms with Gasteiger partial charge in [-0.05, 0) is 36.4 Å². The van der Waals surface area contributed by atoms with Crippen molar-refractivity contribution < 1.29 is 18.4 Å². The number of rotatable bonds is 4. The first-order valence-electron chi connectivity index (χ1n) is 6.66. The van der Waals surface area contributed by atoms with Crippen LogP contribution in [0.4, 0.5) is 4.39 Å². The molecule has 0 radical (unpaired) electrons. The molecule has 3 aromatic rings. The van der Waals surface area contributed by atoms with Crippen molar-refractivity contribution in [2.24, 2.45) is 0 Å². The van der Waals surface area contributed by atoms with E-state index in [0.717, 1.165) is 0 Å². The van der Waals surface area contributed by atoms with Gasteiger partial charge in [0, 0.05) is 11.6 Å². The highest BCUT2D eigenvalue weighted by Gasteiger charge is 2.10. The lowest BCUT2D eigenvalue weighted by Gasteiger charge is -2.01. The van der Waals surface area contributed by atoms with Gasteiger partial charge in [0.05, 0.1) is 5.56 Å². The minimum Gasteiger partial charge on any atom is -0.455 e. The molecule has 0 saturated heterocycles. The van der Waals surface area contributed by atoms with E-state index in [1.54, 1.807) is 42.5 Å². The molecular formula is C17H12FNO3. The summed E-state index contributed by atoms with van der Waals surface area (Å²) >= 11 is 0. The van der Waals surface area contributed by atoms with Crippen LogP contribution in [0.15, 0.2) is 65.2 Å². The molecule has 22 heavy (non-hydrogen) atoms. The van der Waals surface area contributed by atoms with E-state index in [4.69, 9.17) is 9.26 Å². The van der Waals surface area contributed by atoms with Crippen molar-refractivity contribution in [3.63, 3.8) is 0 Å². The van der Waals surface area contributed by atoms with Crippen LogP contribution in [0.1, 0.15) is 16.1 Å². The molecule has 5 heteroatoms. The number of carbonyl (C=O) groups is 1. The Kier molecular flexibility index (Phi) is 3.96. The average Bonchev–Trinajstić information content (AvgIpc) is 3.03. The van der Waals surface area contributed by atoms with E-state index in [0.29, 0.717) is 22.6 Å². The zero-order valence-electron chi connectivity index (χ0n) is 11.5. The second kappa shape index (κ2) is 6.22. The Morgan fingerprint density at radius 3 is 2.55 bits per heavy atom. The number of ether oxygens (including phenoxy) is 1. The number of esters is 1. The molecule has 0 bridgehead atoms. The van der Waals surface area contributed by atoms with Gasteiger partial charge in [0.1, 0.15) is 18.1 Å². The Morgan fingerprint density at radius 1 is 1.09 bits per heavy atom. The van der Waals surface area contributed by atoms with E-state index in [1.807, 2.05) is 6.07 Å². The van der Waals surface area contributed by atoms with Gasteiger partial charge in [-0.25, -0.2) is 9.18 Å². The van der Waals surface area contributed by atoms with Crippen molar-refractivity contribution in [1.82, 2.24) is 5.16 Å². The van der Waals surface area contributed by atoms with Crippen molar-refractivity contribution in [3.8, 4) is 11.3 Å². The molecule has 0 fully saturated rings. The van der Waals surface area contributed by atoms with Crippen molar-refractivity contribution >= 4 is 5.97 Å². The molecule has 0 N–H and O–H groups in total. The van der Waals surface area contributed by atoms with Crippen molar-refractivity contribution in [2.75, 3.05) is 0 Å². The fraction of sp³-hybridized carbons (Fsp3) is 0.0588. The predicted molar refractivity (Wildman–Crippen MR) is 77.5 cm³/mol. The fourth-order valence-electron chi connectivity index (χ4n) is 1.93. The standard InChI is InChI=1S/C17H12FNO3/c18-14-8-6-12(7-9-14)16-10-15(19-22-16)11-21-17(20)13-4-2-1-3-5-13/h1-10H,11H2. The molecule has 0 saturated carbocycles. The summed E-state index contributed by atoms with van der Waals surface area (Å²) in [7, 11) is 0. The van der Waals surface area contributed by atoms with Gasteiger partial charge in [-0.15, -0.1) is 0 Å². The SMILES string of the molecule is O=C(OCc1cc(-c2ccc(F)cc2)on1)c1ccccc1. The quantitative estimate of drug-likeness (QED) is 0.687. The monoisotopic (exact) mass is 297 g/mol. The molecule has 0 aliphatic heterocycles. The lowest BCUT2D eigenvalue weighted by atomic mass is 10.1. The van der Waals surface area contributed by atoms with Crippen LogP contribution in [0.25, 0.3) is 11.3 Å². The van der Waals surface area contributed by atoms with Gasteiger partial charge in [0.25, 0.3) is 0 Å². The topological polar surface area (TPSA) is 52.3 Å². The average molecular weight is 297 g/mol. The minimum absolute atomic E-state index is 0.0123. The fourth-order valence-corrected chi connectivity index (χ4v) is 1.93. The number of hydrogen-bond donors (Lipinski definition) is 0. The molecule has 1 aromatic heterocycles. The molecule has 0 aliphatic rings. The number of hydrogen-bond acceptors (Lipinski definition) is 4. The van der Waals surface area contributed by atoms with Crippen LogP contribution in [-0.2, 0) is 11.3 Å². The Morgan fingerprint density at radius 2 is 1.82 bits per heavy atom. The summed E-state index contributed by atoms with van der Waals surface area (Å²) < 4.78 is 23.2. The Bertz CT molecular complexity index is 766. The smallest absolute Gasteiger partial charge is 0.338 e. The molecule has 1 heterocycles. The summed E-state index contributed by atoms with van der Waals surface area (Å²) in [6.45, 7) is 0.0123. The van der Waals surface area contributed by atoms with E-state index >= 15 is 0 Å². The minimum atomic E-state index is -0.424. The number of halogens is 1. The Labute approximate surface area is 126 Å². The third-order valence-corrected chi connectivity index (χ3v) is 3.05.